The number of pyridine rings is 1. The largest absolute Gasteiger partial charge is 0.401 e. The SMILES string of the molecule is CNCC(F)(F)F.O=C(C1CCCCC1)N1Cc2cccnc2Nc2ccc(C3CCCOC3)cc21. The van der Waals surface area contributed by atoms with Crippen LogP contribution in [0.4, 0.5) is 30.4 Å². The van der Waals surface area contributed by atoms with Gasteiger partial charge in [0.15, 0.2) is 0 Å². The Hall–Kier alpha value is -2.65. The van der Waals surface area contributed by atoms with Gasteiger partial charge in [0.1, 0.15) is 5.82 Å². The predicted octanol–water partition coefficient (Wildman–Crippen LogP) is 5.91. The number of benzene rings is 1. The Balaban J connectivity index is 0.000000384. The molecule has 9 heteroatoms. The first-order valence-electron chi connectivity index (χ1n) is 12.8. The third kappa shape index (κ3) is 6.76. The number of nitrogens with zero attached hydrogens (tertiary/aromatic N) is 2. The van der Waals surface area contributed by atoms with Crippen LogP contribution in [0.1, 0.15) is 62.0 Å². The summed E-state index contributed by atoms with van der Waals surface area (Å²) in [5, 5.41) is 5.47. The standard InChI is InChI=1S/C24H29N3O2.C3H6F3N/c28-24(17-6-2-1-3-7-17)27-15-19-8-4-12-25-23(19)26-21-11-10-18(14-22(21)27)20-9-5-13-29-16-20;1-7-2-3(4,5)6/h4,8,10-12,14,17,20H,1-3,5-7,9,13,15-16H2,(H,25,26);7H,2H2,1H3. The van der Waals surface area contributed by atoms with E-state index in [0.717, 1.165) is 74.5 Å². The Bertz CT molecular complexity index is 1020. The van der Waals surface area contributed by atoms with E-state index in [2.05, 4.69) is 34.6 Å². The van der Waals surface area contributed by atoms with E-state index in [1.54, 1.807) is 6.20 Å². The van der Waals surface area contributed by atoms with Crippen molar-refractivity contribution in [2.24, 2.45) is 5.92 Å². The van der Waals surface area contributed by atoms with E-state index in [0.29, 0.717) is 12.5 Å². The molecule has 2 N–H and O–H groups in total. The fourth-order valence-corrected chi connectivity index (χ4v) is 5.16. The van der Waals surface area contributed by atoms with Crippen LogP contribution in [0.15, 0.2) is 36.5 Å². The van der Waals surface area contributed by atoms with Gasteiger partial charge in [0.05, 0.1) is 31.1 Å². The minimum absolute atomic E-state index is 0.136. The van der Waals surface area contributed by atoms with Gasteiger partial charge in [0.2, 0.25) is 5.91 Å². The fraction of sp³-hybridized carbons (Fsp3) is 0.556. The molecule has 0 bridgehead atoms. The highest BCUT2D eigenvalue weighted by Gasteiger charge is 2.31. The summed E-state index contributed by atoms with van der Waals surface area (Å²) in [7, 11) is 1.26. The van der Waals surface area contributed by atoms with Gasteiger partial charge in [-0.2, -0.15) is 13.2 Å². The lowest BCUT2D eigenvalue weighted by atomic mass is 9.87. The first-order valence-corrected chi connectivity index (χ1v) is 12.8. The summed E-state index contributed by atoms with van der Waals surface area (Å²) in [6.45, 7) is 1.29. The van der Waals surface area contributed by atoms with Crippen molar-refractivity contribution in [3.8, 4) is 0 Å². The van der Waals surface area contributed by atoms with Crippen LogP contribution in [0.5, 0.6) is 0 Å². The van der Waals surface area contributed by atoms with E-state index in [1.807, 2.05) is 16.3 Å². The maximum absolute atomic E-state index is 13.6. The number of halogens is 3. The van der Waals surface area contributed by atoms with Crippen molar-refractivity contribution < 1.29 is 22.7 Å². The molecule has 1 aromatic heterocycles. The molecule has 2 aromatic rings. The Morgan fingerprint density at radius 1 is 1.17 bits per heavy atom. The molecule has 1 aliphatic carbocycles. The highest BCUT2D eigenvalue weighted by atomic mass is 19.4. The van der Waals surface area contributed by atoms with Crippen LogP contribution in [0.25, 0.3) is 0 Å². The van der Waals surface area contributed by atoms with Gasteiger partial charge < -0.3 is 20.3 Å². The number of rotatable bonds is 3. The van der Waals surface area contributed by atoms with E-state index in [9.17, 15) is 18.0 Å². The van der Waals surface area contributed by atoms with Crippen molar-refractivity contribution in [1.82, 2.24) is 10.3 Å². The molecule has 1 aromatic carbocycles. The molecule has 3 heterocycles. The lowest BCUT2D eigenvalue weighted by molar-refractivity contribution is -0.124. The van der Waals surface area contributed by atoms with E-state index < -0.39 is 12.7 Å². The molecule has 3 aliphatic rings. The zero-order valence-corrected chi connectivity index (χ0v) is 20.7. The molecular weight excluding hydrogens is 469 g/mol. The zero-order valence-electron chi connectivity index (χ0n) is 20.7. The lowest BCUT2D eigenvalue weighted by Crippen LogP contribution is -2.36. The molecular formula is C27H35F3N4O2. The maximum atomic E-state index is 13.6. The van der Waals surface area contributed by atoms with Gasteiger partial charge in [-0.3, -0.25) is 4.79 Å². The molecule has 196 valence electrons. The van der Waals surface area contributed by atoms with E-state index >= 15 is 0 Å². The second-order valence-corrected chi connectivity index (χ2v) is 9.73. The summed E-state index contributed by atoms with van der Waals surface area (Å²) in [6.07, 6.45) is 5.57. The monoisotopic (exact) mass is 504 g/mol. The molecule has 0 spiro atoms. The van der Waals surface area contributed by atoms with Crippen LogP contribution in [0.3, 0.4) is 0 Å². The number of anilines is 3. The number of carbonyl (C=O) groups excluding carboxylic acids is 1. The average Bonchev–Trinajstić information content (AvgIpc) is 3.05. The van der Waals surface area contributed by atoms with Crippen molar-refractivity contribution in [3.05, 3.63) is 47.7 Å². The van der Waals surface area contributed by atoms with Gasteiger partial charge >= 0.3 is 6.18 Å². The number of hydrogen-bond donors (Lipinski definition) is 2. The zero-order chi connectivity index (χ0) is 25.5. The minimum Gasteiger partial charge on any atom is -0.381 e. The van der Waals surface area contributed by atoms with Gasteiger partial charge in [0.25, 0.3) is 0 Å². The van der Waals surface area contributed by atoms with Crippen LogP contribution in [-0.4, -0.2) is 43.9 Å². The number of aromatic nitrogens is 1. The molecule has 6 nitrogen and oxygen atoms in total. The van der Waals surface area contributed by atoms with Crippen molar-refractivity contribution in [3.63, 3.8) is 0 Å². The number of carbonyl (C=O) groups is 1. The third-order valence-corrected chi connectivity index (χ3v) is 7.01. The summed E-state index contributed by atoms with van der Waals surface area (Å²) in [5.74, 6) is 1.66. The maximum Gasteiger partial charge on any atom is 0.401 e. The topological polar surface area (TPSA) is 66.5 Å². The van der Waals surface area contributed by atoms with Crippen molar-refractivity contribution in [1.29, 1.82) is 0 Å². The molecule has 1 saturated heterocycles. The average molecular weight is 505 g/mol. The van der Waals surface area contributed by atoms with Crippen molar-refractivity contribution in [2.45, 2.75) is 63.6 Å². The molecule has 36 heavy (non-hydrogen) atoms. The van der Waals surface area contributed by atoms with E-state index in [1.165, 1.54) is 19.0 Å². The number of ether oxygens (including phenoxy) is 1. The smallest absolute Gasteiger partial charge is 0.381 e. The first kappa shape index (κ1) is 26.4. The van der Waals surface area contributed by atoms with Crippen LogP contribution < -0.4 is 15.5 Å². The van der Waals surface area contributed by atoms with Gasteiger partial charge in [-0.15, -0.1) is 0 Å². The molecule has 1 amide bonds. The molecule has 0 radical (unpaired) electrons. The number of fused-ring (bicyclic) bond motifs is 2. The number of alkyl halides is 3. The summed E-state index contributed by atoms with van der Waals surface area (Å²) in [4.78, 5) is 20.2. The highest BCUT2D eigenvalue weighted by Crippen LogP contribution is 2.40. The van der Waals surface area contributed by atoms with E-state index in [-0.39, 0.29) is 11.8 Å². The second kappa shape index (κ2) is 12.1. The van der Waals surface area contributed by atoms with E-state index in [4.69, 9.17) is 4.74 Å². The third-order valence-electron chi connectivity index (χ3n) is 7.01. The minimum atomic E-state index is -4.06. The normalized spacial score (nSPS) is 20.2. The van der Waals surface area contributed by atoms with Gasteiger partial charge in [-0.05, 0) is 56.5 Å². The summed E-state index contributed by atoms with van der Waals surface area (Å²) < 4.78 is 38.7. The van der Waals surface area contributed by atoms with Crippen molar-refractivity contribution in [2.75, 3.05) is 37.0 Å². The fourth-order valence-electron chi connectivity index (χ4n) is 5.16. The summed E-state index contributed by atoms with van der Waals surface area (Å²) >= 11 is 0. The summed E-state index contributed by atoms with van der Waals surface area (Å²) in [6, 6.07) is 10.5. The molecule has 5 rings (SSSR count). The Kier molecular flexibility index (Phi) is 8.85. The molecule has 2 aliphatic heterocycles. The molecule has 1 saturated carbocycles. The second-order valence-electron chi connectivity index (χ2n) is 9.73. The Labute approximate surface area is 210 Å². The molecule has 1 atom stereocenters. The predicted molar refractivity (Wildman–Crippen MR) is 135 cm³/mol. The Morgan fingerprint density at radius 3 is 2.64 bits per heavy atom. The number of nitrogens with one attached hydrogen (secondary N) is 2. The van der Waals surface area contributed by atoms with Crippen LogP contribution in [-0.2, 0) is 16.1 Å². The number of amides is 1. The molecule has 2 fully saturated rings. The summed E-state index contributed by atoms with van der Waals surface area (Å²) in [5.41, 5.74) is 4.29. The van der Waals surface area contributed by atoms with Gasteiger partial charge in [0, 0.05) is 30.2 Å². The quantitative estimate of drug-likeness (QED) is 0.544. The van der Waals surface area contributed by atoms with Gasteiger partial charge in [-0.25, -0.2) is 4.98 Å². The Morgan fingerprint density at radius 2 is 1.97 bits per heavy atom. The number of hydrogen-bond acceptors (Lipinski definition) is 5. The highest BCUT2D eigenvalue weighted by molar-refractivity contribution is 5.99. The van der Waals surface area contributed by atoms with Gasteiger partial charge in [-0.1, -0.05) is 31.4 Å². The first-order chi connectivity index (χ1) is 17.4. The van der Waals surface area contributed by atoms with Crippen LogP contribution in [0, 0.1) is 5.92 Å². The van der Waals surface area contributed by atoms with Crippen LogP contribution >= 0.6 is 0 Å². The molecule has 1 unspecified atom stereocenters. The van der Waals surface area contributed by atoms with Crippen molar-refractivity contribution >= 4 is 23.1 Å². The van der Waals surface area contributed by atoms with Crippen LogP contribution in [0.2, 0.25) is 0 Å². The lowest BCUT2D eigenvalue weighted by Gasteiger charge is -2.30.